The molecule has 0 spiro atoms. The summed E-state index contributed by atoms with van der Waals surface area (Å²) in [6, 6.07) is 13.1. The van der Waals surface area contributed by atoms with E-state index in [1.807, 2.05) is 0 Å². The number of hydrogen-bond donors (Lipinski definition) is 1. The summed E-state index contributed by atoms with van der Waals surface area (Å²) in [5, 5.41) is 3.88. The Bertz CT molecular complexity index is 976. The van der Waals surface area contributed by atoms with Gasteiger partial charge in [0.2, 0.25) is 15.9 Å². The van der Waals surface area contributed by atoms with Crippen molar-refractivity contribution in [3.63, 3.8) is 0 Å². The summed E-state index contributed by atoms with van der Waals surface area (Å²) in [5.41, 5.74) is 0.587. The van der Waals surface area contributed by atoms with E-state index in [9.17, 15) is 13.2 Å². The maximum atomic E-state index is 13.3. The molecule has 8 heteroatoms. The number of carbonyl (C=O) groups is 1. The lowest BCUT2D eigenvalue weighted by atomic mass is 9.97. The molecule has 1 amide bonds. The molecule has 0 radical (unpaired) electrons. The van der Waals surface area contributed by atoms with Crippen LogP contribution in [0.2, 0.25) is 10.0 Å². The first-order valence-corrected chi connectivity index (χ1v) is 12.8. The van der Waals surface area contributed by atoms with Crippen LogP contribution < -0.4 is 5.32 Å². The lowest BCUT2D eigenvalue weighted by Gasteiger charge is -2.25. The topological polar surface area (TPSA) is 66.5 Å². The molecule has 168 valence electrons. The highest BCUT2D eigenvalue weighted by Gasteiger charge is 2.28. The first kappa shape index (κ1) is 24.1. The number of hydrogen-bond acceptors (Lipinski definition) is 3. The van der Waals surface area contributed by atoms with E-state index in [2.05, 4.69) is 5.32 Å². The number of amides is 1. The number of nitrogens with zero attached hydrogens (tertiary/aromatic N) is 1. The van der Waals surface area contributed by atoms with Crippen molar-refractivity contribution in [1.82, 2.24) is 9.62 Å². The molecule has 0 heterocycles. The predicted octanol–water partition coefficient (Wildman–Crippen LogP) is 5.41. The van der Waals surface area contributed by atoms with Crippen molar-refractivity contribution < 1.29 is 13.2 Å². The van der Waals surface area contributed by atoms with Crippen LogP contribution in [-0.4, -0.2) is 31.2 Å². The second kappa shape index (κ2) is 11.3. The maximum Gasteiger partial charge on any atom is 0.243 e. The first-order valence-electron chi connectivity index (χ1n) is 10.6. The molecule has 1 N–H and O–H groups in total. The Hall–Kier alpha value is -1.60. The second-order valence-electron chi connectivity index (χ2n) is 7.93. The molecule has 1 saturated carbocycles. The SMILES string of the molecule is O=C(CN(Cc1ccc(Cl)cc1Cl)S(=O)(=O)c1ccccc1)NC1CCCCCCC1. The molecule has 2 aromatic carbocycles. The van der Waals surface area contributed by atoms with Gasteiger partial charge in [0, 0.05) is 22.6 Å². The summed E-state index contributed by atoms with van der Waals surface area (Å²) in [6.45, 7) is -0.294. The average Bonchev–Trinajstić information content (AvgIpc) is 2.72. The van der Waals surface area contributed by atoms with Crippen molar-refractivity contribution in [2.45, 2.75) is 62.4 Å². The van der Waals surface area contributed by atoms with Gasteiger partial charge in [-0.05, 0) is 42.7 Å². The lowest BCUT2D eigenvalue weighted by Crippen LogP contribution is -2.44. The largest absolute Gasteiger partial charge is 0.352 e. The van der Waals surface area contributed by atoms with E-state index in [0.29, 0.717) is 15.6 Å². The van der Waals surface area contributed by atoms with Crippen LogP contribution in [0, 0.1) is 0 Å². The maximum absolute atomic E-state index is 13.3. The molecule has 0 bridgehead atoms. The van der Waals surface area contributed by atoms with Gasteiger partial charge in [-0.15, -0.1) is 0 Å². The summed E-state index contributed by atoms with van der Waals surface area (Å²) < 4.78 is 27.8. The van der Waals surface area contributed by atoms with Gasteiger partial charge in [-0.25, -0.2) is 8.42 Å². The minimum atomic E-state index is -3.89. The van der Waals surface area contributed by atoms with Gasteiger partial charge in [0.15, 0.2) is 0 Å². The fourth-order valence-corrected chi connectivity index (χ4v) is 5.70. The molecule has 1 aliphatic rings. The van der Waals surface area contributed by atoms with Crippen LogP contribution in [0.4, 0.5) is 0 Å². The van der Waals surface area contributed by atoms with Crippen molar-refractivity contribution in [1.29, 1.82) is 0 Å². The zero-order valence-electron chi connectivity index (χ0n) is 17.4. The van der Waals surface area contributed by atoms with Crippen LogP contribution in [0.1, 0.15) is 50.5 Å². The smallest absolute Gasteiger partial charge is 0.243 e. The molecule has 3 rings (SSSR count). The van der Waals surface area contributed by atoms with Gasteiger partial charge in [-0.3, -0.25) is 4.79 Å². The van der Waals surface area contributed by atoms with Crippen molar-refractivity contribution in [2.24, 2.45) is 0 Å². The van der Waals surface area contributed by atoms with E-state index in [1.54, 1.807) is 36.4 Å². The molecule has 31 heavy (non-hydrogen) atoms. The van der Waals surface area contributed by atoms with E-state index in [0.717, 1.165) is 25.7 Å². The number of nitrogens with one attached hydrogen (secondary N) is 1. The monoisotopic (exact) mass is 482 g/mol. The normalized spacial score (nSPS) is 16.0. The van der Waals surface area contributed by atoms with E-state index >= 15 is 0 Å². The van der Waals surface area contributed by atoms with Crippen molar-refractivity contribution in [3.05, 3.63) is 64.1 Å². The van der Waals surface area contributed by atoms with Crippen LogP contribution in [0.5, 0.6) is 0 Å². The summed E-state index contributed by atoms with van der Waals surface area (Å²) in [6.07, 6.45) is 7.62. The molecule has 0 saturated heterocycles. The Morgan fingerprint density at radius 2 is 1.61 bits per heavy atom. The van der Waals surface area contributed by atoms with Crippen molar-refractivity contribution in [3.8, 4) is 0 Å². The van der Waals surface area contributed by atoms with Crippen LogP contribution in [-0.2, 0) is 21.4 Å². The van der Waals surface area contributed by atoms with Gasteiger partial charge in [0.05, 0.1) is 11.4 Å². The Balaban J connectivity index is 1.80. The van der Waals surface area contributed by atoms with Crippen LogP contribution in [0.3, 0.4) is 0 Å². The molecule has 5 nitrogen and oxygen atoms in total. The van der Waals surface area contributed by atoms with Gasteiger partial charge in [0.25, 0.3) is 0 Å². The zero-order chi connectivity index (χ0) is 22.3. The summed E-state index contributed by atoms with van der Waals surface area (Å²) in [4.78, 5) is 13.0. The van der Waals surface area contributed by atoms with Crippen molar-refractivity contribution >= 4 is 39.1 Å². The van der Waals surface area contributed by atoms with Crippen LogP contribution in [0.25, 0.3) is 0 Å². The average molecular weight is 483 g/mol. The number of carbonyl (C=O) groups excluding carboxylic acids is 1. The summed E-state index contributed by atoms with van der Waals surface area (Å²) in [5.74, 6) is -0.296. The van der Waals surface area contributed by atoms with Gasteiger partial charge in [0.1, 0.15) is 0 Å². The van der Waals surface area contributed by atoms with Crippen LogP contribution in [0.15, 0.2) is 53.4 Å². The van der Waals surface area contributed by atoms with E-state index in [4.69, 9.17) is 23.2 Å². The number of halogens is 2. The van der Waals surface area contributed by atoms with Gasteiger partial charge >= 0.3 is 0 Å². The Kier molecular flexibility index (Phi) is 8.78. The van der Waals surface area contributed by atoms with E-state index in [-0.39, 0.29) is 29.9 Å². The third kappa shape index (κ3) is 6.94. The molecule has 1 fully saturated rings. The molecule has 0 atom stereocenters. The molecule has 1 aliphatic carbocycles. The molecule has 2 aromatic rings. The standard InChI is InChI=1S/C23H28Cl2N2O3S/c24-19-14-13-18(22(25)15-19)16-27(31(29,30)21-11-7-4-8-12-21)17-23(28)26-20-9-5-2-1-3-6-10-20/h4,7-8,11-15,20H,1-3,5-6,9-10,16-17H2,(H,26,28). The quantitative estimate of drug-likeness (QED) is 0.573. The molecular weight excluding hydrogens is 455 g/mol. The van der Waals surface area contributed by atoms with Gasteiger partial charge in [-0.2, -0.15) is 4.31 Å². The van der Waals surface area contributed by atoms with Crippen LogP contribution >= 0.6 is 23.2 Å². The minimum absolute atomic E-state index is 0.0225. The number of rotatable bonds is 7. The summed E-state index contributed by atoms with van der Waals surface area (Å²) in [7, 11) is -3.89. The number of sulfonamides is 1. The third-order valence-electron chi connectivity index (χ3n) is 5.53. The lowest BCUT2D eigenvalue weighted by molar-refractivity contribution is -0.122. The van der Waals surface area contributed by atoms with E-state index in [1.165, 1.54) is 35.7 Å². The van der Waals surface area contributed by atoms with Crippen molar-refractivity contribution in [2.75, 3.05) is 6.54 Å². The highest BCUT2D eigenvalue weighted by molar-refractivity contribution is 7.89. The highest BCUT2D eigenvalue weighted by atomic mass is 35.5. The summed E-state index contributed by atoms with van der Waals surface area (Å²) >= 11 is 12.3. The Morgan fingerprint density at radius 3 is 2.26 bits per heavy atom. The molecule has 0 aliphatic heterocycles. The highest BCUT2D eigenvalue weighted by Crippen LogP contribution is 2.25. The Morgan fingerprint density at radius 1 is 0.968 bits per heavy atom. The second-order valence-corrected chi connectivity index (χ2v) is 10.7. The van der Waals surface area contributed by atoms with Gasteiger partial charge in [-0.1, -0.05) is 79.6 Å². The minimum Gasteiger partial charge on any atom is -0.352 e. The molecule has 0 aromatic heterocycles. The fraction of sp³-hybridized carbons (Fsp3) is 0.435. The van der Waals surface area contributed by atoms with E-state index < -0.39 is 10.0 Å². The first-order chi connectivity index (χ1) is 14.9. The Labute approximate surface area is 194 Å². The number of benzene rings is 2. The zero-order valence-corrected chi connectivity index (χ0v) is 19.7. The molecular formula is C23H28Cl2N2O3S. The molecule has 0 unspecified atom stereocenters. The third-order valence-corrected chi connectivity index (χ3v) is 7.93. The van der Waals surface area contributed by atoms with Gasteiger partial charge < -0.3 is 5.32 Å². The predicted molar refractivity (Wildman–Crippen MR) is 125 cm³/mol. The fourth-order valence-electron chi connectivity index (χ4n) is 3.84.